The molecule has 5 heteroatoms. The van der Waals surface area contributed by atoms with Crippen molar-refractivity contribution in [2.75, 3.05) is 11.1 Å². The normalized spacial score (nSPS) is 10.5. The van der Waals surface area contributed by atoms with Gasteiger partial charge >= 0.3 is 0 Å². The lowest BCUT2D eigenvalue weighted by molar-refractivity contribution is 0.102. The van der Waals surface area contributed by atoms with Crippen molar-refractivity contribution in [1.29, 1.82) is 0 Å². The lowest BCUT2D eigenvalue weighted by atomic mass is 10.1. The van der Waals surface area contributed by atoms with Crippen LogP contribution in [0.3, 0.4) is 0 Å². The first-order valence-electron chi connectivity index (χ1n) is 6.44. The Hall–Kier alpha value is -2.43. The fourth-order valence-electron chi connectivity index (χ4n) is 2.07. The molecule has 0 fully saturated rings. The molecule has 0 aliphatic rings. The zero-order chi connectivity index (χ0) is 15.7. The van der Waals surface area contributed by atoms with Crippen LogP contribution in [0.4, 0.5) is 20.2 Å². The maximum atomic E-state index is 13.7. The van der Waals surface area contributed by atoms with Crippen molar-refractivity contribution >= 4 is 17.3 Å². The van der Waals surface area contributed by atoms with Gasteiger partial charge in [0.05, 0.1) is 5.56 Å². The Bertz CT molecular complexity index is 727. The van der Waals surface area contributed by atoms with E-state index in [-0.39, 0.29) is 11.1 Å². The highest BCUT2D eigenvalue weighted by molar-refractivity contribution is 6.05. The van der Waals surface area contributed by atoms with Crippen molar-refractivity contribution in [2.24, 2.45) is 0 Å². The molecule has 0 atom stereocenters. The van der Waals surface area contributed by atoms with Gasteiger partial charge in [-0.2, -0.15) is 0 Å². The van der Waals surface area contributed by atoms with E-state index in [0.29, 0.717) is 23.0 Å². The highest BCUT2D eigenvalue weighted by Gasteiger charge is 2.16. The molecule has 110 valence electrons. The van der Waals surface area contributed by atoms with Crippen LogP contribution in [-0.2, 0) is 0 Å². The molecule has 0 spiro atoms. The molecule has 3 nitrogen and oxygen atoms in total. The first-order valence-corrected chi connectivity index (χ1v) is 6.44. The Balaban J connectivity index is 2.40. The average molecular weight is 290 g/mol. The first kappa shape index (κ1) is 15.0. The van der Waals surface area contributed by atoms with E-state index in [1.807, 2.05) is 6.92 Å². The summed E-state index contributed by atoms with van der Waals surface area (Å²) in [6.07, 6.45) is 0. The number of hydrogen-bond acceptors (Lipinski definition) is 2. The second-order valence-electron chi connectivity index (χ2n) is 5.01. The van der Waals surface area contributed by atoms with Gasteiger partial charge in [-0.05, 0) is 49.6 Å². The summed E-state index contributed by atoms with van der Waals surface area (Å²) in [5, 5.41) is 2.64. The number of nitrogens with two attached hydrogens (primary N) is 1. The molecule has 2 aromatic rings. The van der Waals surface area contributed by atoms with Gasteiger partial charge in [-0.1, -0.05) is 6.07 Å². The third-order valence-corrected chi connectivity index (χ3v) is 3.45. The Morgan fingerprint density at radius 2 is 1.71 bits per heavy atom. The largest absolute Gasteiger partial charge is 0.398 e. The minimum absolute atomic E-state index is 0.199. The van der Waals surface area contributed by atoms with Gasteiger partial charge in [0.1, 0.15) is 11.6 Å². The van der Waals surface area contributed by atoms with E-state index in [1.165, 1.54) is 13.0 Å². The average Bonchev–Trinajstić information content (AvgIpc) is 2.43. The van der Waals surface area contributed by atoms with Gasteiger partial charge in [-0.15, -0.1) is 0 Å². The summed E-state index contributed by atoms with van der Waals surface area (Å²) in [5.74, 6) is -2.21. The van der Waals surface area contributed by atoms with Crippen molar-refractivity contribution in [3.05, 3.63) is 58.2 Å². The van der Waals surface area contributed by atoms with Crippen LogP contribution in [-0.4, -0.2) is 5.91 Å². The Morgan fingerprint density at radius 1 is 1.05 bits per heavy atom. The van der Waals surface area contributed by atoms with E-state index < -0.39 is 17.5 Å². The molecule has 0 saturated heterocycles. The molecule has 0 radical (unpaired) electrons. The Labute approximate surface area is 121 Å². The number of carbonyl (C=O) groups excluding carboxylic acids is 1. The summed E-state index contributed by atoms with van der Waals surface area (Å²) in [4.78, 5) is 12.2. The number of anilines is 2. The number of benzene rings is 2. The molecular formula is C16H16F2N2O. The van der Waals surface area contributed by atoms with Crippen molar-refractivity contribution in [3.63, 3.8) is 0 Å². The van der Waals surface area contributed by atoms with Crippen LogP contribution >= 0.6 is 0 Å². The summed E-state index contributed by atoms with van der Waals surface area (Å²) in [6, 6.07) is 5.41. The third kappa shape index (κ3) is 2.86. The van der Waals surface area contributed by atoms with Gasteiger partial charge in [0, 0.05) is 17.4 Å². The first-order chi connectivity index (χ1) is 9.81. The second kappa shape index (κ2) is 5.52. The number of carbonyl (C=O) groups is 1. The number of nitrogen functional groups attached to an aromatic ring is 1. The van der Waals surface area contributed by atoms with E-state index >= 15 is 0 Å². The smallest absolute Gasteiger partial charge is 0.258 e. The van der Waals surface area contributed by atoms with Crippen LogP contribution < -0.4 is 11.1 Å². The number of aryl methyl sites for hydroxylation is 2. The minimum atomic E-state index is -0.894. The topological polar surface area (TPSA) is 55.1 Å². The van der Waals surface area contributed by atoms with Gasteiger partial charge in [-0.25, -0.2) is 8.78 Å². The molecule has 0 aliphatic carbocycles. The fourth-order valence-corrected chi connectivity index (χ4v) is 2.07. The van der Waals surface area contributed by atoms with Crippen LogP contribution in [0, 0.1) is 32.4 Å². The minimum Gasteiger partial charge on any atom is -0.398 e. The summed E-state index contributed by atoms with van der Waals surface area (Å²) in [5.41, 5.74) is 8.42. The number of halogens is 2. The van der Waals surface area contributed by atoms with Crippen molar-refractivity contribution in [2.45, 2.75) is 20.8 Å². The van der Waals surface area contributed by atoms with Crippen LogP contribution in [0.15, 0.2) is 24.3 Å². The van der Waals surface area contributed by atoms with E-state index in [4.69, 9.17) is 5.73 Å². The van der Waals surface area contributed by atoms with Gasteiger partial charge in [-0.3, -0.25) is 4.79 Å². The zero-order valence-electron chi connectivity index (χ0n) is 12.1. The molecule has 2 aromatic carbocycles. The van der Waals surface area contributed by atoms with Gasteiger partial charge in [0.2, 0.25) is 0 Å². The van der Waals surface area contributed by atoms with E-state index in [1.54, 1.807) is 19.1 Å². The number of nitrogens with one attached hydrogen (secondary N) is 1. The number of rotatable bonds is 2. The zero-order valence-corrected chi connectivity index (χ0v) is 12.1. The molecule has 0 bridgehead atoms. The molecule has 21 heavy (non-hydrogen) atoms. The molecule has 0 unspecified atom stereocenters. The molecular weight excluding hydrogens is 274 g/mol. The molecule has 0 saturated carbocycles. The fraction of sp³-hybridized carbons (Fsp3) is 0.188. The monoisotopic (exact) mass is 290 g/mol. The van der Waals surface area contributed by atoms with Crippen molar-refractivity contribution < 1.29 is 13.6 Å². The molecule has 0 aromatic heterocycles. The Morgan fingerprint density at radius 3 is 2.38 bits per heavy atom. The molecule has 0 heterocycles. The van der Waals surface area contributed by atoms with Crippen molar-refractivity contribution in [3.8, 4) is 0 Å². The van der Waals surface area contributed by atoms with Gasteiger partial charge < -0.3 is 11.1 Å². The third-order valence-electron chi connectivity index (χ3n) is 3.45. The second-order valence-corrected chi connectivity index (χ2v) is 5.01. The van der Waals surface area contributed by atoms with Crippen LogP contribution in [0.1, 0.15) is 27.0 Å². The summed E-state index contributed by atoms with van der Waals surface area (Å²) >= 11 is 0. The van der Waals surface area contributed by atoms with Gasteiger partial charge in [0.25, 0.3) is 5.91 Å². The highest BCUT2D eigenvalue weighted by atomic mass is 19.1. The lowest BCUT2D eigenvalue weighted by Gasteiger charge is -2.14. The van der Waals surface area contributed by atoms with Crippen LogP contribution in [0.25, 0.3) is 0 Å². The standard InChI is InChI=1S/C16H16F2N2O/c1-8-4-5-14(19)10(3)15(8)20-16(21)11-6-9(2)12(17)7-13(11)18/h4-7H,19H2,1-3H3,(H,20,21). The summed E-state index contributed by atoms with van der Waals surface area (Å²) in [6.45, 7) is 5.06. The number of hydrogen-bond donors (Lipinski definition) is 2. The highest BCUT2D eigenvalue weighted by Crippen LogP contribution is 2.26. The lowest BCUT2D eigenvalue weighted by Crippen LogP contribution is -2.16. The molecule has 0 aliphatic heterocycles. The Kier molecular flexibility index (Phi) is 3.93. The summed E-state index contributed by atoms with van der Waals surface area (Å²) < 4.78 is 27.0. The van der Waals surface area contributed by atoms with E-state index in [9.17, 15) is 13.6 Å². The molecule has 3 N–H and O–H groups in total. The van der Waals surface area contributed by atoms with E-state index in [2.05, 4.69) is 5.32 Å². The predicted octanol–water partition coefficient (Wildman–Crippen LogP) is 3.72. The van der Waals surface area contributed by atoms with Crippen LogP contribution in [0.5, 0.6) is 0 Å². The number of amides is 1. The van der Waals surface area contributed by atoms with Gasteiger partial charge in [0.15, 0.2) is 0 Å². The molecule has 2 rings (SSSR count). The quantitative estimate of drug-likeness (QED) is 0.828. The molecule has 1 amide bonds. The SMILES string of the molecule is Cc1cc(C(=O)Nc2c(C)ccc(N)c2C)c(F)cc1F. The van der Waals surface area contributed by atoms with Crippen LogP contribution in [0.2, 0.25) is 0 Å². The predicted molar refractivity (Wildman–Crippen MR) is 79.4 cm³/mol. The maximum absolute atomic E-state index is 13.7. The summed E-state index contributed by atoms with van der Waals surface area (Å²) in [7, 11) is 0. The maximum Gasteiger partial charge on any atom is 0.258 e. The van der Waals surface area contributed by atoms with Crippen molar-refractivity contribution in [1.82, 2.24) is 0 Å². The van der Waals surface area contributed by atoms with E-state index in [0.717, 1.165) is 5.56 Å².